The van der Waals surface area contributed by atoms with Gasteiger partial charge in [0.2, 0.25) is 10.0 Å². The Hall–Kier alpha value is -2.00. The number of carbonyl (C=O) groups is 2. The van der Waals surface area contributed by atoms with Gasteiger partial charge in [0.05, 0.1) is 13.5 Å². The van der Waals surface area contributed by atoms with Crippen LogP contribution in [0.15, 0.2) is 29.2 Å². The van der Waals surface area contributed by atoms with Crippen molar-refractivity contribution < 1.29 is 32.2 Å². The Kier molecular flexibility index (Phi) is 5.17. The summed E-state index contributed by atoms with van der Waals surface area (Å²) in [7, 11) is -3.37. The molecule has 0 saturated carbocycles. The van der Waals surface area contributed by atoms with Gasteiger partial charge in [0.15, 0.2) is 0 Å². The molecule has 20 heavy (non-hydrogen) atoms. The highest BCUT2D eigenvalue weighted by Crippen LogP contribution is 2.14. The molecule has 9 heteroatoms. The molecule has 1 aromatic carbocycles. The van der Waals surface area contributed by atoms with Gasteiger partial charge < -0.3 is 9.84 Å². The summed E-state index contributed by atoms with van der Waals surface area (Å²) in [6.45, 7) is 0. The highest BCUT2D eigenvalue weighted by Gasteiger charge is 2.29. The number of ether oxygens (including phenoxy) is 1. The summed E-state index contributed by atoms with van der Waals surface area (Å²) in [5, 5.41) is 8.87. The number of carboxylic acid groups (broad SMARTS) is 1. The van der Waals surface area contributed by atoms with Gasteiger partial charge in [-0.2, -0.15) is 4.72 Å². The molecule has 0 aliphatic rings. The summed E-state index contributed by atoms with van der Waals surface area (Å²) in [6, 6.07) is 2.73. The molecular formula is C11H12FNO6S. The Bertz CT molecular complexity index is 615. The SMILES string of the molecule is COC(=O)C[C@H](NS(=O)(=O)c1ccccc1F)C(=O)O. The normalized spacial score (nSPS) is 12.7. The van der Waals surface area contributed by atoms with Gasteiger partial charge in [-0.25, -0.2) is 12.8 Å². The molecule has 110 valence electrons. The van der Waals surface area contributed by atoms with Crippen molar-refractivity contribution in [3.05, 3.63) is 30.1 Å². The molecule has 0 aliphatic carbocycles. The van der Waals surface area contributed by atoms with Crippen molar-refractivity contribution in [3.63, 3.8) is 0 Å². The second kappa shape index (κ2) is 6.44. The van der Waals surface area contributed by atoms with E-state index in [1.165, 1.54) is 12.1 Å². The average molecular weight is 305 g/mol. The van der Waals surface area contributed by atoms with E-state index in [0.717, 1.165) is 19.2 Å². The number of esters is 1. The summed E-state index contributed by atoms with van der Waals surface area (Å²) >= 11 is 0. The Morgan fingerprint density at radius 1 is 1.40 bits per heavy atom. The van der Waals surface area contributed by atoms with E-state index >= 15 is 0 Å². The molecule has 0 saturated heterocycles. The molecule has 1 aromatic rings. The summed E-state index contributed by atoms with van der Waals surface area (Å²) in [4.78, 5) is 21.2. The molecule has 0 bridgehead atoms. The first-order valence-corrected chi connectivity index (χ1v) is 6.82. The molecule has 0 spiro atoms. The molecular weight excluding hydrogens is 293 g/mol. The van der Waals surface area contributed by atoms with Crippen LogP contribution in [0.1, 0.15) is 6.42 Å². The lowest BCUT2D eigenvalue weighted by atomic mass is 10.2. The standard InChI is InChI=1S/C11H12FNO6S/c1-19-10(14)6-8(11(15)16)13-20(17,18)9-5-3-2-4-7(9)12/h2-5,8,13H,6H2,1H3,(H,15,16)/t8-/m0/s1. The van der Waals surface area contributed by atoms with E-state index in [2.05, 4.69) is 4.74 Å². The molecule has 0 aliphatic heterocycles. The van der Waals surface area contributed by atoms with Crippen molar-refractivity contribution in [3.8, 4) is 0 Å². The number of sulfonamides is 1. The van der Waals surface area contributed by atoms with Crippen molar-refractivity contribution in [1.29, 1.82) is 0 Å². The fourth-order valence-electron chi connectivity index (χ4n) is 1.34. The van der Waals surface area contributed by atoms with E-state index in [1.807, 2.05) is 0 Å². The van der Waals surface area contributed by atoms with Crippen LogP contribution < -0.4 is 4.72 Å². The summed E-state index contributed by atoms with van der Waals surface area (Å²) in [5.41, 5.74) is 0. The molecule has 2 N–H and O–H groups in total. The van der Waals surface area contributed by atoms with Crippen LogP contribution in [0.5, 0.6) is 0 Å². The number of rotatable bonds is 6. The highest BCUT2D eigenvalue weighted by atomic mass is 32.2. The van der Waals surface area contributed by atoms with Gasteiger partial charge in [-0.3, -0.25) is 9.59 Å². The third-order valence-electron chi connectivity index (χ3n) is 2.32. The number of hydrogen-bond acceptors (Lipinski definition) is 5. The maximum absolute atomic E-state index is 13.4. The Morgan fingerprint density at radius 2 is 2.00 bits per heavy atom. The first kappa shape index (κ1) is 16.1. The van der Waals surface area contributed by atoms with Crippen LogP contribution in [-0.2, 0) is 24.3 Å². The molecule has 1 atom stereocenters. The van der Waals surface area contributed by atoms with Crippen molar-refractivity contribution >= 4 is 22.0 Å². The van der Waals surface area contributed by atoms with Crippen LogP contribution in [0.25, 0.3) is 0 Å². The van der Waals surface area contributed by atoms with Crippen LogP contribution in [0.3, 0.4) is 0 Å². The number of halogens is 1. The van der Waals surface area contributed by atoms with Gasteiger partial charge in [0.1, 0.15) is 16.8 Å². The van der Waals surface area contributed by atoms with Crippen LogP contribution in [0.4, 0.5) is 4.39 Å². The van der Waals surface area contributed by atoms with Crippen LogP contribution in [0, 0.1) is 5.82 Å². The minimum Gasteiger partial charge on any atom is -0.480 e. The Labute approximate surface area is 114 Å². The third kappa shape index (κ3) is 4.00. The second-order valence-corrected chi connectivity index (χ2v) is 5.41. The third-order valence-corrected chi connectivity index (χ3v) is 3.83. The zero-order valence-corrected chi connectivity index (χ0v) is 11.2. The first-order valence-electron chi connectivity index (χ1n) is 5.34. The van der Waals surface area contributed by atoms with Gasteiger partial charge in [-0.15, -0.1) is 0 Å². The number of carbonyl (C=O) groups excluding carboxylic acids is 1. The Morgan fingerprint density at radius 3 is 2.50 bits per heavy atom. The molecule has 7 nitrogen and oxygen atoms in total. The Balaban J connectivity index is 3.01. The van der Waals surface area contributed by atoms with E-state index in [9.17, 15) is 22.4 Å². The maximum Gasteiger partial charge on any atom is 0.322 e. The van der Waals surface area contributed by atoms with Gasteiger partial charge in [0.25, 0.3) is 0 Å². The van der Waals surface area contributed by atoms with E-state index < -0.39 is 45.1 Å². The van der Waals surface area contributed by atoms with E-state index in [4.69, 9.17) is 5.11 Å². The fourth-order valence-corrected chi connectivity index (χ4v) is 2.61. The lowest BCUT2D eigenvalue weighted by molar-refractivity contribution is -0.147. The monoisotopic (exact) mass is 305 g/mol. The van der Waals surface area contributed by atoms with E-state index in [1.54, 1.807) is 4.72 Å². The van der Waals surface area contributed by atoms with E-state index in [0.29, 0.717) is 0 Å². The van der Waals surface area contributed by atoms with Gasteiger partial charge in [-0.05, 0) is 12.1 Å². The predicted octanol–water partition coefficient (Wildman–Crippen LogP) is 0.120. The number of aliphatic carboxylic acids is 1. The van der Waals surface area contributed by atoms with Gasteiger partial charge in [-0.1, -0.05) is 12.1 Å². The lowest BCUT2D eigenvalue weighted by Crippen LogP contribution is -2.42. The molecule has 1 rings (SSSR count). The highest BCUT2D eigenvalue weighted by molar-refractivity contribution is 7.89. The number of carboxylic acids is 1. The number of methoxy groups -OCH3 is 1. The van der Waals surface area contributed by atoms with Gasteiger partial charge >= 0.3 is 11.9 Å². The first-order chi connectivity index (χ1) is 9.27. The van der Waals surface area contributed by atoms with Crippen molar-refractivity contribution in [2.45, 2.75) is 17.4 Å². The average Bonchev–Trinajstić information content (AvgIpc) is 2.37. The summed E-state index contributed by atoms with van der Waals surface area (Å²) in [5.74, 6) is -3.51. The van der Waals surface area contributed by atoms with Crippen molar-refractivity contribution in [1.82, 2.24) is 4.72 Å². The predicted molar refractivity (Wildman–Crippen MR) is 64.8 cm³/mol. The molecule has 0 aromatic heterocycles. The zero-order chi connectivity index (χ0) is 15.3. The van der Waals surface area contributed by atoms with Crippen molar-refractivity contribution in [2.24, 2.45) is 0 Å². The van der Waals surface area contributed by atoms with Crippen LogP contribution >= 0.6 is 0 Å². The lowest BCUT2D eigenvalue weighted by Gasteiger charge is -2.14. The van der Waals surface area contributed by atoms with Crippen LogP contribution in [-0.4, -0.2) is 38.6 Å². The molecule has 0 unspecified atom stereocenters. The fraction of sp³-hybridized carbons (Fsp3) is 0.273. The zero-order valence-electron chi connectivity index (χ0n) is 10.4. The number of hydrogen-bond donors (Lipinski definition) is 2. The largest absolute Gasteiger partial charge is 0.480 e. The second-order valence-electron chi connectivity index (χ2n) is 3.72. The quantitative estimate of drug-likeness (QED) is 0.722. The molecule has 0 heterocycles. The molecule has 0 fully saturated rings. The summed E-state index contributed by atoms with van der Waals surface area (Å²) in [6.07, 6.45) is -0.709. The molecule has 0 radical (unpaired) electrons. The topological polar surface area (TPSA) is 110 Å². The minimum atomic E-state index is -4.40. The summed E-state index contributed by atoms with van der Waals surface area (Å²) < 4.78 is 43.2. The number of nitrogens with one attached hydrogen (secondary N) is 1. The molecule has 0 amide bonds. The minimum absolute atomic E-state index is 0.698. The van der Waals surface area contributed by atoms with Crippen molar-refractivity contribution in [2.75, 3.05) is 7.11 Å². The van der Waals surface area contributed by atoms with Crippen LogP contribution in [0.2, 0.25) is 0 Å². The smallest absolute Gasteiger partial charge is 0.322 e. The van der Waals surface area contributed by atoms with E-state index in [-0.39, 0.29) is 0 Å². The maximum atomic E-state index is 13.4. The number of benzene rings is 1. The van der Waals surface area contributed by atoms with Gasteiger partial charge in [0, 0.05) is 0 Å².